The Morgan fingerprint density at radius 2 is 2.08 bits per heavy atom. The predicted octanol–water partition coefficient (Wildman–Crippen LogP) is 3.42. The SMILES string of the molecule is Cn1nccc1CCC(=O)NCC[C@@H](c1ccc(F)cc1)c1ccco1. The molecule has 1 atom stereocenters. The van der Waals surface area contributed by atoms with Crippen LogP contribution in [0.15, 0.2) is 59.3 Å². The van der Waals surface area contributed by atoms with E-state index in [4.69, 9.17) is 4.42 Å². The van der Waals surface area contributed by atoms with Crippen molar-refractivity contribution in [1.29, 1.82) is 0 Å². The van der Waals surface area contributed by atoms with E-state index in [1.54, 1.807) is 29.3 Å². The van der Waals surface area contributed by atoms with Gasteiger partial charge in [-0.15, -0.1) is 0 Å². The molecule has 0 bridgehead atoms. The Kier molecular flexibility index (Phi) is 5.84. The lowest BCUT2D eigenvalue weighted by molar-refractivity contribution is -0.121. The summed E-state index contributed by atoms with van der Waals surface area (Å²) >= 11 is 0. The second-order valence-corrected chi connectivity index (χ2v) is 6.20. The Morgan fingerprint density at radius 1 is 1.27 bits per heavy atom. The fraction of sp³-hybridized carbons (Fsp3) is 0.300. The number of rotatable bonds is 8. The van der Waals surface area contributed by atoms with E-state index in [9.17, 15) is 9.18 Å². The highest BCUT2D eigenvalue weighted by Crippen LogP contribution is 2.28. The highest BCUT2D eigenvalue weighted by atomic mass is 19.1. The van der Waals surface area contributed by atoms with Crippen molar-refractivity contribution in [3.63, 3.8) is 0 Å². The number of hydrogen-bond donors (Lipinski definition) is 1. The van der Waals surface area contributed by atoms with Gasteiger partial charge in [-0.05, 0) is 48.7 Å². The lowest BCUT2D eigenvalue weighted by atomic mass is 9.93. The van der Waals surface area contributed by atoms with Crippen molar-refractivity contribution in [2.45, 2.75) is 25.2 Å². The number of amides is 1. The monoisotopic (exact) mass is 355 g/mol. The number of nitrogens with one attached hydrogen (secondary N) is 1. The van der Waals surface area contributed by atoms with Gasteiger partial charge in [0.1, 0.15) is 11.6 Å². The molecule has 2 aromatic heterocycles. The van der Waals surface area contributed by atoms with E-state index < -0.39 is 0 Å². The maximum Gasteiger partial charge on any atom is 0.220 e. The van der Waals surface area contributed by atoms with Crippen LogP contribution in [0.25, 0.3) is 0 Å². The minimum absolute atomic E-state index is 0.00324. The number of hydrogen-bond acceptors (Lipinski definition) is 3. The smallest absolute Gasteiger partial charge is 0.220 e. The van der Waals surface area contributed by atoms with Crippen molar-refractivity contribution >= 4 is 5.91 Å². The van der Waals surface area contributed by atoms with Crippen LogP contribution >= 0.6 is 0 Å². The molecule has 5 nitrogen and oxygen atoms in total. The molecule has 0 fully saturated rings. The van der Waals surface area contributed by atoms with Gasteiger partial charge < -0.3 is 9.73 Å². The minimum atomic E-state index is -0.268. The fourth-order valence-electron chi connectivity index (χ4n) is 2.99. The van der Waals surface area contributed by atoms with Crippen molar-refractivity contribution in [3.8, 4) is 0 Å². The molecule has 0 aliphatic rings. The number of carbonyl (C=O) groups excluding carboxylic acids is 1. The molecule has 6 heteroatoms. The van der Waals surface area contributed by atoms with Crippen molar-refractivity contribution in [1.82, 2.24) is 15.1 Å². The number of aromatic nitrogens is 2. The molecule has 0 aliphatic carbocycles. The quantitative estimate of drug-likeness (QED) is 0.673. The van der Waals surface area contributed by atoms with E-state index in [0.717, 1.165) is 17.0 Å². The van der Waals surface area contributed by atoms with Gasteiger partial charge in [0.2, 0.25) is 5.91 Å². The summed E-state index contributed by atoms with van der Waals surface area (Å²) in [4.78, 5) is 12.1. The maximum absolute atomic E-state index is 13.2. The Labute approximate surface area is 151 Å². The molecule has 1 N–H and O–H groups in total. The molecule has 26 heavy (non-hydrogen) atoms. The van der Waals surface area contributed by atoms with E-state index in [1.165, 1.54) is 12.1 Å². The number of furan rings is 1. The van der Waals surface area contributed by atoms with Crippen LogP contribution in [-0.2, 0) is 18.3 Å². The average molecular weight is 355 g/mol. The summed E-state index contributed by atoms with van der Waals surface area (Å²) in [5.74, 6) is 0.516. The summed E-state index contributed by atoms with van der Waals surface area (Å²) in [6, 6.07) is 12.0. The molecule has 1 amide bonds. The Morgan fingerprint density at radius 3 is 2.73 bits per heavy atom. The normalized spacial score (nSPS) is 12.1. The summed E-state index contributed by atoms with van der Waals surface area (Å²) in [7, 11) is 1.86. The number of aryl methyl sites for hydroxylation is 2. The van der Waals surface area contributed by atoms with Crippen LogP contribution < -0.4 is 5.32 Å². The molecule has 1 aromatic carbocycles. The molecule has 0 unspecified atom stereocenters. The lowest BCUT2D eigenvalue weighted by Crippen LogP contribution is -2.26. The van der Waals surface area contributed by atoms with E-state index >= 15 is 0 Å². The zero-order chi connectivity index (χ0) is 18.4. The summed E-state index contributed by atoms with van der Waals surface area (Å²) in [5, 5.41) is 7.05. The van der Waals surface area contributed by atoms with Crippen molar-refractivity contribution in [2.24, 2.45) is 7.05 Å². The largest absolute Gasteiger partial charge is 0.469 e. The molecule has 0 aliphatic heterocycles. The summed E-state index contributed by atoms with van der Waals surface area (Å²) in [6.45, 7) is 0.521. The first-order chi connectivity index (χ1) is 12.6. The maximum atomic E-state index is 13.2. The van der Waals surface area contributed by atoms with Crippen LogP contribution in [0.2, 0.25) is 0 Å². The van der Waals surface area contributed by atoms with Gasteiger partial charge in [0.25, 0.3) is 0 Å². The van der Waals surface area contributed by atoms with Gasteiger partial charge in [-0.25, -0.2) is 4.39 Å². The molecular weight excluding hydrogens is 333 g/mol. The topological polar surface area (TPSA) is 60.1 Å². The van der Waals surface area contributed by atoms with Crippen molar-refractivity contribution in [3.05, 3.63) is 77.8 Å². The molecule has 0 spiro atoms. The van der Waals surface area contributed by atoms with E-state index in [0.29, 0.717) is 25.8 Å². The number of benzene rings is 1. The lowest BCUT2D eigenvalue weighted by Gasteiger charge is -2.16. The minimum Gasteiger partial charge on any atom is -0.469 e. The first-order valence-corrected chi connectivity index (χ1v) is 8.66. The van der Waals surface area contributed by atoms with Crippen LogP contribution in [-0.4, -0.2) is 22.2 Å². The molecule has 136 valence electrons. The highest BCUT2D eigenvalue weighted by Gasteiger charge is 2.17. The van der Waals surface area contributed by atoms with Gasteiger partial charge in [0.05, 0.1) is 6.26 Å². The molecule has 0 saturated heterocycles. The van der Waals surface area contributed by atoms with Gasteiger partial charge in [0.15, 0.2) is 0 Å². The van der Waals surface area contributed by atoms with Crippen LogP contribution in [0.5, 0.6) is 0 Å². The highest BCUT2D eigenvalue weighted by molar-refractivity contribution is 5.76. The summed E-state index contributed by atoms with van der Waals surface area (Å²) in [6.07, 6.45) is 5.10. The third kappa shape index (κ3) is 4.59. The summed E-state index contributed by atoms with van der Waals surface area (Å²) < 4.78 is 20.5. The van der Waals surface area contributed by atoms with Crippen LogP contribution in [0.3, 0.4) is 0 Å². The fourth-order valence-corrected chi connectivity index (χ4v) is 2.99. The molecule has 3 rings (SSSR count). The van der Waals surface area contributed by atoms with E-state index in [1.807, 2.05) is 25.2 Å². The van der Waals surface area contributed by atoms with Gasteiger partial charge >= 0.3 is 0 Å². The second kappa shape index (κ2) is 8.47. The Hall–Kier alpha value is -2.89. The third-order valence-corrected chi connectivity index (χ3v) is 4.44. The van der Waals surface area contributed by atoms with Crippen LogP contribution in [0.4, 0.5) is 4.39 Å². The van der Waals surface area contributed by atoms with Crippen molar-refractivity contribution < 1.29 is 13.6 Å². The van der Waals surface area contributed by atoms with E-state index in [-0.39, 0.29) is 17.6 Å². The predicted molar refractivity (Wildman–Crippen MR) is 96.1 cm³/mol. The zero-order valence-corrected chi connectivity index (χ0v) is 14.7. The Balaban J connectivity index is 1.54. The number of halogens is 1. The molecule has 0 saturated carbocycles. The molecular formula is C20H22FN3O2. The Bertz CT molecular complexity index is 825. The van der Waals surface area contributed by atoms with Gasteiger partial charge in [-0.3, -0.25) is 9.48 Å². The van der Waals surface area contributed by atoms with Crippen LogP contribution in [0, 0.1) is 5.82 Å². The second-order valence-electron chi connectivity index (χ2n) is 6.20. The third-order valence-electron chi connectivity index (χ3n) is 4.44. The zero-order valence-electron chi connectivity index (χ0n) is 14.7. The molecule has 3 aromatic rings. The number of nitrogens with zero attached hydrogens (tertiary/aromatic N) is 2. The summed E-state index contributed by atoms with van der Waals surface area (Å²) in [5.41, 5.74) is 1.99. The van der Waals surface area contributed by atoms with Crippen molar-refractivity contribution in [2.75, 3.05) is 6.54 Å². The van der Waals surface area contributed by atoms with Gasteiger partial charge in [0, 0.05) is 37.8 Å². The van der Waals surface area contributed by atoms with Gasteiger partial charge in [-0.2, -0.15) is 5.10 Å². The molecule has 0 radical (unpaired) electrons. The number of carbonyl (C=O) groups is 1. The standard InChI is InChI=1S/C20H22FN3O2/c1-24-17(10-13-23-24)8-9-20(25)22-12-11-18(19-3-2-14-26-19)15-4-6-16(21)7-5-15/h2-7,10,13-14,18H,8-9,11-12H2,1H3,(H,22,25)/t18-/m0/s1. The van der Waals surface area contributed by atoms with E-state index in [2.05, 4.69) is 10.4 Å². The molecule has 2 heterocycles. The first kappa shape index (κ1) is 17.9. The van der Waals surface area contributed by atoms with Gasteiger partial charge in [-0.1, -0.05) is 12.1 Å². The average Bonchev–Trinajstić information content (AvgIpc) is 3.30. The van der Waals surface area contributed by atoms with Crippen LogP contribution in [0.1, 0.15) is 35.8 Å². The first-order valence-electron chi connectivity index (χ1n) is 8.66.